The molecule has 25 heavy (non-hydrogen) atoms. The number of hydrogen-bond donors (Lipinski definition) is 2. The van der Waals surface area contributed by atoms with Gasteiger partial charge in [0.15, 0.2) is 0 Å². The number of fused-ring (bicyclic) bond motifs is 1. The highest BCUT2D eigenvalue weighted by atomic mass is 16.2. The smallest absolute Gasteiger partial charge is 0.274 e. The molecule has 0 saturated carbocycles. The zero-order valence-corrected chi connectivity index (χ0v) is 14.0. The van der Waals surface area contributed by atoms with E-state index in [-0.39, 0.29) is 23.3 Å². The number of pyridine rings is 2. The molecule has 2 aromatic heterocycles. The first-order valence-electron chi connectivity index (χ1n) is 7.97. The minimum atomic E-state index is -0.391. The van der Waals surface area contributed by atoms with Gasteiger partial charge in [-0.1, -0.05) is 24.3 Å². The van der Waals surface area contributed by atoms with Gasteiger partial charge in [-0.2, -0.15) is 0 Å². The summed E-state index contributed by atoms with van der Waals surface area (Å²) in [6, 6.07) is 14.1. The second-order valence-corrected chi connectivity index (χ2v) is 5.87. The predicted octanol–water partition coefficient (Wildman–Crippen LogP) is 3.02. The van der Waals surface area contributed by atoms with E-state index < -0.39 is 5.91 Å². The summed E-state index contributed by atoms with van der Waals surface area (Å²) < 4.78 is 0. The van der Waals surface area contributed by atoms with Crippen LogP contribution in [-0.4, -0.2) is 27.8 Å². The summed E-state index contributed by atoms with van der Waals surface area (Å²) in [7, 11) is 0. The van der Waals surface area contributed by atoms with Crippen molar-refractivity contribution in [3.8, 4) is 0 Å². The lowest BCUT2D eigenvalue weighted by Crippen LogP contribution is -2.31. The second kappa shape index (κ2) is 7.09. The number of carbonyl (C=O) groups is 2. The van der Waals surface area contributed by atoms with E-state index in [1.54, 1.807) is 30.5 Å². The highest BCUT2D eigenvalue weighted by molar-refractivity contribution is 6.07. The van der Waals surface area contributed by atoms with Crippen LogP contribution in [0.25, 0.3) is 10.9 Å². The van der Waals surface area contributed by atoms with Gasteiger partial charge in [0, 0.05) is 17.6 Å². The van der Waals surface area contributed by atoms with Crippen molar-refractivity contribution in [1.29, 1.82) is 0 Å². The average molecular weight is 334 g/mol. The third kappa shape index (κ3) is 3.80. The van der Waals surface area contributed by atoms with Crippen molar-refractivity contribution in [3.05, 3.63) is 66.1 Å². The maximum Gasteiger partial charge on any atom is 0.274 e. The quantitative estimate of drug-likeness (QED) is 0.768. The molecule has 2 amide bonds. The third-order valence-electron chi connectivity index (χ3n) is 3.52. The van der Waals surface area contributed by atoms with E-state index in [9.17, 15) is 9.59 Å². The zero-order valence-electron chi connectivity index (χ0n) is 14.0. The fraction of sp³-hybridized carbons (Fsp3) is 0.158. The monoisotopic (exact) mass is 334 g/mol. The van der Waals surface area contributed by atoms with Crippen molar-refractivity contribution in [2.24, 2.45) is 0 Å². The van der Waals surface area contributed by atoms with E-state index in [1.165, 1.54) is 0 Å². The van der Waals surface area contributed by atoms with Crippen molar-refractivity contribution in [2.45, 2.75) is 19.9 Å². The number of hydrogen-bond acceptors (Lipinski definition) is 4. The molecule has 0 radical (unpaired) electrons. The van der Waals surface area contributed by atoms with Crippen molar-refractivity contribution < 1.29 is 9.59 Å². The maximum absolute atomic E-state index is 12.5. The van der Waals surface area contributed by atoms with Crippen LogP contribution in [0.5, 0.6) is 0 Å². The third-order valence-corrected chi connectivity index (χ3v) is 3.52. The number of anilines is 1. The highest BCUT2D eigenvalue weighted by Gasteiger charge is 2.14. The topological polar surface area (TPSA) is 84.0 Å². The molecule has 0 atom stereocenters. The fourth-order valence-corrected chi connectivity index (χ4v) is 2.42. The van der Waals surface area contributed by atoms with Gasteiger partial charge >= 0.3 is 0 Å². The second-order valence-electron chi connectivity index (χ2n) is 5.87. The normalized spacial score (nSPS) is 10.7. The first kappa shape index (κ1) is 16.6. The minimum Gasteiger partial charge on any atom is -0.349 e. The molecule has 0 aliphatic rings. The molecule has 0 aliphatic carbocycles. The number of benzene rings is 1. The maximum atomic E-state index is 12.5. The minimum absolute atomic E-state index is 0.00598. The Hall–Kier alpha value is -3.28. The summed E-state index contributed by atoms with van der Waals surface area (Å²) in [5.41, 5.74) is 1.68. The molecule has 3 aromatic rings. The van der Waals surface area contributed by atoms with Gasteiger partial charge in [0.05, 0.1) is 11.2 Å². The highest BCUT2D eigenvalue weighted by Crippen LogP contribution is 2.21. The van der Waals surface area contributed by atoms with Gasteiger partial charge in [-0.05, 0) is 38.1 Å². The molecule has 2 heterocycles. The number of carbonyl (C=O) groups excluding carboxylic acids is 2. The Labute approximate surface area is 145 Å². The summed E-state index contributed by atoms with van der Waals surface area (Å²) in [5, 5.41) is 6.50. The van der Waals surface area contributed by atoms with Gasteiger partial charge in [-0.25, -0.2) is 4.98 Å². The van der Waals surface area contributed by atoms with Crippen LogP contribution in [0.15, 0.2) is 54.7 Å². The molecule has 6 nitrogen and oxygen atoms in total. The van der Waals surface area contributed by atoms with Crippen LogP contribution in [0.4, 0.5) is 5.69 Å². The van der Waals surface area contributed by atoms with Gasteiger partial charge in [0.1, 0.15) is 11.4 Å². The van der Waals surface area contributed by atoms with E-state index in [4.69, 9.17) is 0 Å². The van der Waals surface area contributed by atoms with Gasteiger partial charge in [0.25, 0.3) is 11.8 Å². The molecule has 0 saturated heterocycles. The SMILES string of the molecule is CC(C)NC(=O)c1cccc(C(=O)Nc2cccc3cccnc23)n1. The van der Waals surface area contributed by atoms with Crippen molar-refractivity contribution >= 4 is 28.4 Å². The van der Waals surface area contributed by atoms with E-state index in [0.717, 1.165) is 5.39 Å². The molecule has 0 bridgehead atoms. The van der Waals surface area contributed by atoms with Gasteiger partial charge in [-0.15, -0.1) is 0 Å². The lowest BCUT2D eigenvalue weighted by atomic mass is 10.2. The van der Waals surface area contributed by atoms with Crippen LogP contribution < -0.4 is 10.6 Å². The number of nitrogens with zero attached hydrogens (tertiary/aromatic N) is 2. The Morgan fingerprint density at radius 2 is 1.60 bits per heavy atom. The Balaban J connectivity index is 1.85. The lowest BCUT2D eigenvalue weighted by molar-refractivity contribution is 0.0938. The number of amides is 2. The standard InChI is InChI=1S/C19H18N4O2/c1-12(2)21-18(24)15-9-4-10-16(22-15)19(25)23-14-8-3-6-13-7-5-11-20-17(13)14/h3-12H,1-2H3,(H,21,24)(H,23,25). The molecule has 2 N–H and O–H groups in total. The molecular formula is C19H18N4O2. The summed E-state index contributed by atoms with van der Waals surface area (Å²) in [4.78, 5) is 33.0. The van der Waals surface area contributed by atoms with Crippen molar-refractivity contribution in [3.63, 3.8) is 0 Å². The molecule has 0 spiro atoms. The number of rotatable bonds is 4. The van der Waals surface area contributed by atoms with E-state index >= 15 is 0 Å². The molecule has 6 heteroatoms. The molecule has 126 valence electrons. The Bertz CT molecular complexity index is 932. The molecule has 0 fully saturated rings. The molecule has 1 aromatic carbocycles. The first-order chi connectivity index (χ1) is 12.0. The molecule has 0 unspecified atom stereocenters. The number of aromatic nitrogens is 2. The van der Waals surface area contributed by atoms with Crippen LogP contribution in [-0.2, 0) is 0 Å². The summed E-state index contributed by atoms with van der Waals surface area (Å²) in [6.45, 7) is 3.73. The summed E-state index contributed by atoms with van der Waals surface area (Å²) in [5.74, 6) is -0.700. The average Bonchev–Trinajstić information content (AvgIpc) is 2.61. The van der Waals surface area contributed by atoms with Gasteiger partial charge in [-0.3, -0.25) is 14.6 Å². The van der Waals surface area contributed by atoms with Crippen LogP contribution in [0.1, 0.15) is 34.8 Å². The lowest BCUT2D eigenvalue weighted by Gasteiger charge is -2.10. The fourth-order valence-electron chi connectivity index (χ4n) is 2.42. The largest absolute Gasteiger partial charge is 0.349 e. The summed E-state index contributed by atoms with van der Waals surface area (Å²) >= 11 is 0. The molecule has 0 aliphatic heterocycles. The van der Waals surface area contributed by atoms with Crippen molar-refractivity contribution in [1.82, 2.24) is 15.3 Å². The molecular weight excluding hydrogens is 316 g/mol. The van der Waals surface area contributed by atoms with E-state index in [1.807, 2.05) is 38.1 Å². The van der Waals surface area contributed by atoms with Crippen LogP contribution in [0.3, 0.4) is 0 Å². The van der Waals surface area contributed by atoms with Crippen LogP contribution >= 0.6 is 0 Å². The Morgan fingerprint density at radius 3 is 2.36 bits per heavy atom. The Kier molecular flexibility index (Phi) is 4.70. The number of para-hydroxylation sites is 1. The zero-order chi connectivity index (χ0) is 17.8. The van der Waals surface area contributed by atoms with Crippen LogP contribution in [0, 0.1) is 0 Å². The summed E-state index contributed by atoms with van der Waals surface area (Å²) in [6.07, 6.45) is 1.67. The number of nitrogens with one attached hydrogen (secondary N) is 2. The van der Waals surface area contributed by atoms with E-state index in [0.29, 0.717) is 11.2 Å². The Morgan fingerprint density at radius 1 is 0.920 bits per heavy atom. The van der Waals surface area contributed by atoms with Gasteiger partial charge < -0.3 is 10.6 Å². The van der Waals surface area contributed by atoms with Crippen LogP contribution in [0.2, 0.25) is 0 Å². The predicted molar refractivity (Wildman–Crippen MR) is 96.5 cm³/mol. The van der Waals surface area contributed by atoms with Crippen molar-refractivity contribution in [2.75, 3.05) is 5.32 Å². The molecule has 3 rings (SSSR count). The van der Waals surface area contributed by atoms with E-state index in [2.05, 4.69) is 20.6 Å². The first-order valence-corrected chi connectivity index (χ1v) is 7.97. The van der Waals surface area contributed by atoms with Gasteiger partial charge in [0.2, 0.25) is 0 Å².